The number of aliphatic hydroxyl groups is 1. The number of rotatable bonds is 8. The number of nitrogens with zero attached hydrogens (tertiary/aromatic N) is 4. The number of hydrogen-bond donors (Lipinski definition) is 2. The lowest BCUT2D eigenvalue weighted by Gasteiger charge is -2.58. The standard InChI is InChI=1S/C23H37N5O5/c1-8-22(31,17(3)4)23(19(29)32-9-2,27-13-10-24-11-14-27)28-15-12-25-16-18(28)26-20(30)33-21(5,6)7/h10-13,15-18,31H,8-9,14H2,1-7H3,(H,26,30). The van der Waals surface area contributed by atoms with Crippen LogP contribution in [0.4, 0.5) is 4.79 Å². The summed E-state index contributed by atoms with van der Waals surface area (Å²) in [6, 6.07) is 0. The van der Waals surface area contributed by atoms with Crippen LogP contribution in [0.15, 0.2) is 34.8 Å². The number of aliphatic imine (C=N–C) groups is 2. The molecule has 0 spiro atoms. The van der Waals surface area contributed by atoms with Gasteiger partial charge in [-0.1, -0.05) is 20.8 Å². The summed E-state index contributed by atoms with van der Waals surface area (Å²) >= 11 is 0. The van der Waals surface area contributed by atoms with E-state index in [2.05, 4.69) is 15.3 Å². The van der Waals surface area contributed by atoms with Crippen LogP contribution in [0.3, 0.4) is 0 Å². The van der Waals surface area contributed by atoms with Gasteiger partial charge in [-0.15, -0.1) is 0 Å². The SMILES string of the molecule is CCOC(=O)C(N1C=CN=CC1)(N1C=CN=CC1NC(=O)OC(C)(C)C)C(O)(CC)C(C)C. The van der Waals surface area contributed by atoms with Gasteiger partial charge in [-0.3, -0.25) is 15.3 Å². The Kier molecular flexibility index (Phi) is 8.29. The van der Waals surface area contributed by atoms with Crippen molar-refractivity contribution in [2.45, 2.75) is 77.9 Å². The van der Waals surface area contributed by atoms with Gasteiger partial charge in [0.1, 0.15) is 17.4 Å². The number of alkyl carbamates (subject to hydrolysis) is 1. The summed E-state index contributed by atoms with van der Waals surface area (Å²) in [5, 5.41) is 14.9. The molecule has 1 amide bonds. The number of ether oxygens (including phenoxy) is 2. The molecule has 0 saturated carbocycles. The second kappa shape index (κ2) is 10.4. The fourth-order valence-electron chi connectivity index (χ4n) is 4.18. The predicted molar refractivity (Wildman–Crippen MR) is 126 cm³/mol. The van der Waals surface area contributed by atoms with Crippen LogP contribution in [0.2, 0.25) is 0 Å². The predicted octanol–water partition coefficient (Wildman–Crippen LogP) is 2.61. The van der Waals surface area contributed by atoms with Crippen molar-refractivity contribution in [1.29, 1.82) is 0 Å². The third-order valence-electron chi connectivity index (χ3n) is 5.67. The van der Waals surface area contributed by atoms with Crippen molar-refractivity contribution in [2.75, 3.05) is 13.2 Å². The minimum atomic E-state index is -1.75. The van der Waals surface area contributed by atoms with Gasteiger partial charge in [0, 0.05) is 37.2 Å². The van der Waals surface area contributed by atoms with E-state index in [-0.39, 0.29) is 25.5 Å². The first-order valence-corrected chi connectivity index (χ1v) is 11.3. The molecule has 0 saturated heterocycles. The first-order valence-electron chi connectivity index (χ1n) is 11.3. The molecule has 184 valence electrons. The molecule has 10 heteroatoms. The average molecular weight is 464 g/mol. The van der Waals surface area contributed by atoms with Crippen molar-refractivity contribution in [2.24, 2.45) is 15.9 Å². The van der Waals surface area contributed by atoms with E-state index in [0.717, 1.165) is 0 Å². The summed E-state index contributed by atoms with van der Waals surface area (Å²) in [6.45, 7) is 12.8. The highest BCUT2D eigenvalue weighted by molar-refractivity contribution is 5.85. The molecule has 10 nitrogen and oxygen atoms in total. The molecule has 2 aliphatic heterocycles. The Balaban J connectivity index is 2.70. The fourth-order valence-corrected chi connectivity index (χ4v) is 4.18. The Labute approximate surface area is 196 Å². The van der Waals surface area contributed by atoms with E-state index in [9.17, 15) is 14.7 Å². The zero-order chi connectivity index (χ0) is 24.9. The molecule has 0 aromatic carbocycles. The maximum atomic E-state index is 13.9. The minimum absolute atomic E-state index is 0.111. The third kappa shape index (κ3) is 5.21. The van der Waals surface area contributed by atoms with Crippen molar-refractivity contribution < 1.29 is 24.2 Å². The van der Waals surface area contributed by atoms with Gasteiger partial charge < -0.3 is 24.4 Å². The summed E-state index contributed by atoms with van der Waals surface area (Å²) in [5.41, 5.74) is -4.07. The molecule has 0 aromatic rings. The number of hydrogen-bond acceptors (Lipinski definition) is 9. The second-order valence-corrected chi connectivity index (χ2v) is 9.20. The Bertz CT molecular complexity index is 832. The van der Waals surface area contributed by atoms with Gasteiger partial charge in [0.05, 0.1) is 13.2 Å². The Morgan fingerprint density at radius 2 is 1.85 bits per heavy atom. The molecule has 2 N–H and O–H groups in total. The number of esters is 1. The van der Waals surface area contributed by atoms with Crippen molar-refractivity contribution in [3.63, 3.8) is 0 Å². The lowest BCUT2D eigenvalue weighted by Crippen LogP contribution is -2.79. The topological polar surface area (TPSA) is 116 Å². The summed E-state index contributed by atoms with van der Waals surface area (Å²) in [5.74, 6) is -1.02. The van der Waals surface area contributed by atoms with Crippen LogP contribution in [0.25, 0.3) is 0 Å². The van der Waals surface area contributed by atoms with E-state index in [1.807, 2.05) is 20.8 Å². The first-order chi connectivity index (χ1) is 15.4. The first kappa shape index (κ1) is 26.4. The van der Waals surface area contributed by atoms with Gasteiger partial charge in [-0.05, 0) is 40.0 Å². The van der Waals surface area contributed by atoms with Crippen molar-refractivity contribution >= 4 is 24.5 Å². The molecule has 2 heterocycles. The normalized spacial score (nSPS) is 21.5. The Morgan fingerprint density at radius 1 is 1.18 bits per heavy atom. The van der Waals surface area contributed by atoms with Crippen LogP contribution >= 0.6 is 0 Å². The highest BCUT2D eigenvalue weighted by Crippen LogP contribution is 2.43. The van der Waals surface area contributed by atoms with Crippen molar-refractivity contribution in [3.8, 4) is 0 Å². The molecule has 0 aromatic heterocycles. The number of amides is 1. The molecule has 3 atom stereocenters. The zero-order valence-electron chi connectivity index (χ0n) is 20.6. The van der Waals surface area contributed by atoms with E-state index in [4.69, 9.17) is 9.47 Å². The molecule has 33 heavy (non-hydrogen) atoms. The fraction of sp³-hybridized carbons (Fsp3) is 0.652. The molecule has 0 bridgehead atoms. The smallest absolute Gasteiger partial charge is 0.409 e. The lowest BCUT2D eigenvalue weighted by molar-refractivity contribution is -0.218. The molecule has 0 fully saturated rings. The van der Waals surface area contributed by atoms with E-state index < -0.39 is 35.1 Å². The maximum absolute atomic E-state index is 13.9. The Hall–Kier alpha value is -2.88. The molecule has 0 radical (unpaired) electrons. The van der Waals surface area contributed by atoms with Crippen molar-refractivity contribution in [1.82, 2.24) is 15.1 Å². The summed E-state index contributed by atoms with van der Waals surface area (Å²) in [6.07, 6.45) is 8.02. The van der Waals surface area contributed by atoms with Gasteiger partial charge in [-0.25, -0.2) is 9.59 Å². The van der Waals surface area contributed by atoms with E-state index in [1.165, 1.54) is 12.4 Å². The highest BCUT2D eigenvalue weighted by Gasteiger charge is 2.65. The third-order valence-corrected chi connectivity index (χ3v) is 5.67. The van der Waals surface area contributed by atoms with Gasteiger partial charge in [0.15, 0.2) is 0 Å². The summed E-state index contributed by atoms with van der Waals surface area (Å²) in [4.78, 5) is 38.1. The van der Waals surface area contributed by atoms with Gasteiger partial charge in [0.25, 0.3) is 0 Å². The molecular formula is C23H37N5O5. The molecule has 3 unspecified atom stereocenters. The van der Waals surface area contributed by atoms with E-state index in [1.54, 1.807) is 62.3 Å². The lowest BCUT2D eigenvalue weighted by atomic mass is 9.73. The van der Waals surface area contributed by atoms with Gasteiger partial charge in [0.2, 0.25) is 5.66 Å². The maximum Gasteiger partial charge on any atom is 0.409 e. The van der Waals surface area contributed by atoms with E-state index in [0.29, 0.717) is 0 Å². The number of carbonyl (C=O) groups is 2. The zero-order valence-corrected chi connectivity index (χ0v) is 20.6. The Morgan fingerprint density at radius 3 is 2.36 bits per heavy atom. The van der Waals surface area contributed by atoms with Gasteiger partial charge >= 0.3 is 12.1 Å². The van der Waals surface area contributed by atoms with Crippen molar-refractivity contribution in [3.05, 3.63) is 24.8 Å². The molecule has 2 rings (SSSR count). The molecule has 0 aliphatic carbocycles. The minimum Gasteiger partial charge on any atom is -0.463 e. The monoisotopic (exact) mass is 463 g/mol. The summed E-state index contributed by atoms with van der Waals surface area (Å²) < 4.78 is 11.0. The number of carbonyl (C=O) groups excluding carboxylic acids is 2. The largest absolute Gasteiger partial charge is 0.463 e. The van der Waals surface area contributed by atoms with Crippen LogP contribution in [0.5, 0.6) is 0 Å². The quantitative estimate of drug-likeness (QED) is 0.532. The molecule has 2 aliphatic rings. The average Bonchev–Trinajstić information content (AvgIpc) is 2.74. The number of nitrogens with one attached hydrogen (secondary N) is 1. The molecular weight excluding hydrogens is 426 g/mol. The van der Waals surface area contributed by atoms with Crippen LogP contribution in [-0.2, 0) is 14.3 Å². The highest BCUT2D eigenvalue weighted by atomic mass is 16.6. The van der Waals surface area contributed by atoms with Crippen LogP contribution < -0.4 is 5.32 Å². The van der Waals surface area contributed by atoms with Gasteiger partial charge in [-0.2, -0.15) is 0 Å². The van der Waals surface area contributed by atoms with E-state index >= 15 is 0 Å². The van der Waals surface area contributed by atoms with Crippen LogP contribution in [0.1, 0.15) is 54.9 Å². The van der Waals surface area contributed by atoms with Crippen LogP contribution in [-0.4, -0.2) is 75.6 Å². The van der Waals surface area contributed by atoms with Crippen LogP contribution in [0, 0.1) is 5.92 Å². The summed E-state index contributed by atoms with van der Waals surface area (Å²) in [7, 11) is 0. The second-order valence-electron chi connectivity index (χ2n) is 9.20.